The van der Waals surface area contributed by atoms with Gasteiger partial charge in [0.2, 0.25) is 0 Å². The van der Waals surface area contributed by atoms with Gasteiger partial charge in [-0.15, -0.1) is 11.3 Å². The number of hydrazone groups is 1. The summed E-state index contributed by atoms with van der Waals surface area (Å²) in [5.41, 5.74) is 9.06. The van der Waals surface area contributed by atoms with Crippen molar-refractivity contribution >= 4 is 28.9 Å². The summed E-state index contributed by atoms with van der Waals surface area (Å²) in [6.07, 6.45) is 0. The summed E-state index contributed by atoms with van der Waals surface area (Å²) in [5.74, 6) is -1.88. The van der Waals surface area contributed by atoms with Crippen molar-refractivity contribution in [3.8, 4) is 16.3 Å². The van der Waals surface area contributed by atoms with Gasteiger partial charge in [0.05, 0.1) is 16.3 Å². The van der Waals surface area contributed by atoms with Crippen LogP contribution in [0.4, 0.5) is 0 Å². The molecule has 0 saturated carbocycles. The molecule has 22 heavy (non-hydrogen) atoms. The number of benzene rings is 1. The van der Waals surface area contributed by atoms with E-state index in [0.717, 1.165) is 21.1 Å². The first-order valence-electron chi connectivity index (χ1n) is 6.29. The Kier molecular flexibility index (Phi) is 4.52. The fraction of sp³-hybridized carbons (Fsp3) is 0.143. The van der Waals surface area contributed by atoms with Crippen LogP contribution in [-0.2, 0) is 9.59 Å². The molecule has 2 amide bonds. The lowest BCUT2D eigenvalue weighted by Crippen LogP contribution is -2.33. The number of hydrogen-bond donors (Lipinski definition) is 3. The third-order valence-corrected chi connectivity index (χ3v) is 4.10. The molecule has 1 aromatic heterocycles. The minimum atomic E-state index is -1.10. The van der Waals surface area contributed by atoms with E-state index >= 15 is 0 Å². The van der Waals surface area contributed by atoms with Crippen LogP contribution in [0.15, 0.2) is 29.4 Å². The lowest BCUT2D eigenvalue weighted by Gasteiger charge is -1.98. The second kappa shape index (κ2) is 6.35. The zero-order valence-electron chi connectivity index (χ0n) is 12.0. The summed E-state index contributed by atoms with van der Waals surface area (Å²) in [7, 11) is 0. The first-order valence-corrected chi connectivity index (χ1v) is 7.11. The van der Waals surface area contributed by atoms with Gasteiger partial charge in [-0.3, -0.25) is 9.59 Å². The van der Waals surface area contributed by atoms with E-state index in [2.05, 4.69) is 15.5 Å². The Morgan fingerprint density at radius 2 is 1.95 bits per heavy atom. The van der Waals surface area contributed by atoms with Crippen molar-refractivity contribution in [1.82, 2.24) is 10.4 Å². The van der Waals surface area contributed by atoms with Gasteiger partial charge in [-0.2, -0.15) is 5.10 Å². The topological polar surface area (TPSA) is 118 Å². The number of nitrogens with zero attached hydrogens (tertiary/aromatic N) is 2. The van der Waals surface area contributed by atoms with Gasteiger partial charge in [-0.05, 0) is 38.1 Å². The SMILES string of the molecule is C/C(=N\NC(=O)C(N)=O)c1sc(-c2ccc(O)cc2)nc1C. The van der Waals surface area contributed by atoms with E-state index in [-0.39, 0.29) is 5.75 Å². The molecule has 114 valence electrons. The number of aromatic hydroxyl groups is 1. The van der Waals surface area contributed by atoms with Gasteiger partial charge < -0.3 is 10.8 Å². The summed E-state index contributed by atoms with van der Waals surface area (Å²) in [5, 5.41) is 13.9. The van der Waals surface area contributed by atoms with E-state index in [0.29, 0.717) is 5.71 Å². The number of primary amides is 1. The minimum absolute atomic E-state index is 0.184. The van der Waals surface area contributed by atoms with E-state index in [9.17, 15) is 14.7 Å². The fourth-order valence-electron chi connectivity index (χ4n) is 1.70. The number of rotatable bonds is 3. The summed E-state index contributed by atoms with van der Waals surface area (Å²) in [6.45, 7) is 3.52. The molecule has 1 aromatic carbocycles. The molecule has 0 bridgehead atoms. The van der Waals surface area contributed by atoms with Crippen molar-refractivity contribution in [2.75, 3.05) is 0 Å². The first-order chi connectivity index (χ1) is 10.4. The molecule has 0 saturated heterocycles. The van der Waals surface area contributed by atoms with Gasteiger partial charge in [-0.1, -0.05) is 0 Å². The Morgan fingerprint density at radius 1 is 1.32 bits per heavy atom. The zero-order chi connectivity index (χ0) is 16.3. The molecule has 0 radical (unpaired) electrons. The number of amides is 2. The molecule has 0 unspecified atom stereocenters. The highest BCUT2D eigenvalue weighted by Crippen LogP contribution is 2.29. The molecule has 0 spiro atoms. The van der Waals surface area contributed by atoms with Crippen LogP contribution in [0, 0.1) is 6.92 Å². The van der Waals surface area contributed by atoms with Crippen molar-refractivity contribution in [2.24, 2.45) is 10.8 Å². The van der Waals surface area contributed by atoms with E-state index < -0.39 is 11.8 Å². The largest absolute Gasteiger partial charge is 0.508 e. The van der Waals surface area contributed by atoms with Gasteiger partial charge in [0.15, 0.2) is 0 Å². The highest BCUT2D eigenvalue weighted by Gasteiger charge is 2.13. The highest BCUT2D eigenvalue weighted by atomic mass is 32.1. The second-order valence-corrected chi connectivity index (χ2v) is 5.48. The van der Waals surface area contributed by atoms with E-state index in [1.54, 1.807) is 31.2 Å². The molecule has 1 heterocycles. The van der Waals surface area contributed by atoms with Gasteiger partial charge in [0, 0.05) is 5.56 Å². The minimum Gasteiger partial charge on any atom is -0.508 e. The molecule has 0 aliphatic carbocycles. The molecule has 0 aliphatic heterocycles. The number of carbonyl (C=O) groups is 2. The molecule has 2 rings (SSSR count). The van der Waals surface area contributed by atoms with Crippen molar-refractivity contribution in [3.05, 3.63) is 34.8 Å². The summed E-state index contributed by atoms with van der Waals surface area (Å²) < 4.78 is 0. The van der Waals surface area contributed by atoms with Crippen LogP contribution in [0.5, 0.6) is 5.75 Å². The van der Waals surface area contributed by atoms with Gasteiger partial charge in [0.25, 0.3) is 0 Å². The van der Waals surface area contributed by atoms with Crippen LogP contribution in [0.3, 0.4) is 0 Å². The molecule has 0 aliphatic rings. The van der Waals surface area contributed by atoms with Gasteiger partial charge in [-0.25, -0.2) is 10.4 Å². The highest BCUT2D eigenvalue weighted by molar-refractivity contribution is 7.17. The van der Waals surface area contributed by atoms with Crippen LogP contribution < -0.4 is 11.2 Å². The lowest BCUT2D eigenvalue weighted by atomic mass is 10.2. The quantitative estimate of drug-likeness (QED) is 0.447. The van der Waals surface area contributed by atoms with Crippen LogP contribution in [-0.4, -0.2) is 27.6 Å². The fourth-order valence-corrected chi connectivity index (χ4v) is 2.72. The van der Waals surface area contributed by atoms with Crippen LogP contribution in [0.1, 0.15) is 17.5 Å². The number of nitrogens with one attached hydrogen (secondary N) is 1. The number of phenolic OH excluding ortho intramolecular Hbond substituents is 1. The lowest BCUT2D eigenvalue weighted by molar-refractivity contribution is -0.137. The molecular formula is C14H14N4O3S. The summed E-state index contributed by atoms with van der Waals surface area (Å²) in [6, 6.07) is 6.69. The van der Waals surface area contributed by atoms with Crippen LogP contribution >= 0.6 is 11.3 Å². The second-order valence-electron chi connectivity index (χ2n) is 4.48. The number of thiazole rings is 1. The number of hydrogen-bond acceptors (Lipinski definition) is 6. The Morgan fingerprint density at radius 3 is 2.55 bits per heavy atom. The zero-order valence-corrected chi connectivity index (χ0v) is 12.8. The number of phenols is 1. The molecule has 4 N–H and O–H groups in total. The van der Waals surface area contributed by atoms with Crippen LogP contribution in [0.25, 0.3) is 10.6 Å². The van der Waals surface area contributed by atoms with E-state index in [4.69, 9.17) is 5.73 Å². The number of aromatic nitrogens is 1. The smallest absolute Gasteiger partial charge is 0.329 e. The monoisotopic (exact) mass is 318 g/mol. The van der Waals surface area contributed by atoms with Crippen molar-refractivity contribution < 1.29 is 14.7 Å². The van der Waals surface area contributed by atoms with E-state index in [1.807, 2.05) is 6.92 Å². The maximum Gasteiger partial charge on any atom is 0.329 e. The summed E-state index contributed by atoms with van der Waals surface area (Å²) >= 11 is 1.40. The normalized spacial score (nSPS) is 11.3. The third kappa shape index (κ3) is 3.47. The first kappa shape index (κ1) is 15.6. The van der Waals surface area contributed by atoms with Crippen molar-refractivity contribution in [3.63, 3.8) is 0 Å². The maximum atomic E-state index is 11.1. The third-order valence-electron chi connectivity index (χ3n) is 2.79. The van der Waals surface area contributed by atoms with Crippen molar-refractivity contribution in [2.45, 2.75) is 13.8 Å². The number of aryl methyl sites for hydroxylation is 1. The Labute approximate surface area is 130 Å². The summed E-state index contributed by atoms with van der Waals surface area (Å²) in [4.78, 5) is 27.0. The number of carbonyl (C=O) groups excluding carboxylic acids is 2. The van der Waals surface area contributed by atoms with Crippen LogP contribution in [0.2, 0.25) is 0 Å². The Balaban J connectivity index is 2.26. The molecule has 2 aromatic rings. The Bertz CT molecular complexity index is 750. The average molecular weight is 318 g/mol. The Hall–Kier alpha value is -2.74. The van der Waals surface area contributed by atoms with Gasteiger partial charge >= 0.3 is 11.8 Å². The molecule has 8 heteroatoms. The van der Waals surface area contributed by atoms with Gasteiger partial charge in [0.1, 0.15) is 10.8 Å². The molecule has 0 atom stereocenters. The van der Waals surface area contributed by atoms with Crippen molar-refractivity contribution in [1.29, 1.82) is 0 Å². The number of nitrogens with two attached hydrogens (primary N) is 1. The molecule has 7 nitrogen and oxygen atoms in total. The average Bonchev–Trinajstić information content (AvgIpc) is 2.87. The molecule has 0 fully saturated rings. The van der Waals surface area contributed by atoms with E-state index in [1.165, 1.54) is 11.3 Å². The predicted octanol–water partition coefficient (Wildman–Crippen LogP) is 1.15. The molecular weight excluding hydrogens is 304 g/mol. The maximum absolute atomic E-state index is 11.1. The predicted molar refractivity (Wildman–Crippen MR) is 83.5 cm³/mol. The standard InChI is InChI=1S/C14H14N4O3S/c1-7-11(8(2)17-18-13(21)12(15)20)22-14(16-7)9-3-5-10(19)6-4-9/h3-6,19H,1-2H3,(H2,15,20)(H,18,21)/b17-8+.